The lowest BCUT2D eigenvalue weighted by Gasteiger charge is -2.08. The monoisotopic (exact) mass is 456 g/mol. The van der Waals surface area contributed by atoms with Crippen molar-refractivity contribution in [2.24, 2.45) is 5.73 Å². The van der Waals surface area contributed by atoms with Gasteiger partial charge < -0.3 is 15.8 Å². The highest BCUT2D eigenvalue weighted by molar-refractivity contribution is 9.10. The fraction of sp³-hybridized carbons (Fsp3) is 0.412. The molecule has 0 aliphatic heterocycles. The number of esters is 1. The van der Waals surface area contributed by atoms with Crippen molar-refractivity contribution < 1.29 is 19.1 Å². The molecule has 3 N–H and O–H groups in total. The van der Waals surface area contributed by atoms with E-state index < -0.39 is 11.9 Å². The molecule has 2 amide bonds. The van der Waals surface area contributed by atoms with E-state index in [4.69, 9.17) is 10.5 Å². The first-order chi connectivity index (χ1) is 12.7. The summed E-state index contributed by atoms with van der Waals surface area (Å²) in [4.78, 5) is 36.7. The number of nitrogens with two attached hydrogens (primary N) is 1. The largest absolute Gasteiger partial charge is 0.462 e. The van der Waals surface area contributed by atoms with Crippen LogP contribution in [0, 0.1) is 20.8 Å². The second kappa shape index (κ2) is 8.66. The molecule has 0 saturated carbocycles. The van der Waals surface area contributed by atoms with Crippen molar-refractivity contribution in [2.75, 3.05) is 11.9 Å². The Bertz CT molecular complexity index is 903. The molecule has 0 unspecified atom stereocenters. The van der Waals surface area contributed by atoms with Gasteiger partial charge in [0, 0.05) is 0 Å². The number of rotatable bonds is 7. The Balaban J connectivity index is 2.29. The van der Waals surface area contributed by atoms with Gasteiger partial charge in [-0.25, -0.2) is 4.79 Å². The van der Waals surface area contributed by atoms with Crippen LogP contribution in [0.2, 0.25) is 0 Å². The minimum Gasteiger partial charge on any atom is -0.462 e. The van der Waals surface area contributed by atoms with Crippen LogP contribution in [-0.2, 0) is 16.1 Å². The number of amides is 2. The van der Waals surface area contributed by atoms with Gasteiger partial charge in [0.25, 0.3) is 5.91 Å². The molecule has 2 aromatic heterocycles. The number of aromatic nitrogens is 2. The second-order valence-corrected chi connectivity index (χ2v) is 7.76. The lowest BCUT2D eigenvalue weighted by molar-refractivity contribution is -0.116. The number of halogens is 1. The molecule has 8 nitrogen and oxygen atoms in total. The van der Waals surface area contributed by atoms with E-state index in [0.717, 1.165) is 27.2 Å². The molecule has 2 aromatic rings. The van der Waals surface area contributed by atoms with Crippen LogP contribution in [0.15, 0.2) is 4.47 Å². The summed E-state index contributed by atoms with van der Waals surface area (Å²) in [6.07, 6.45) is 0.659. The highest BCUT2D eigenvalue weighted by atomic mass is 79.9. The Labute approximate surface area is 169 Å². The number of hydrogen-bond donors (Lipinski definition) is 2. The van der Waals surface area contributed by atoms with Crippen molar-refractivity contribution >= 4 is 50.1 Å². The van der Waals surface area contributed by atoms with Crippen LogP contribution in [-0.4, -0.2) is 34.2 Å². The number of carbonyl (C=O) groups excluding carboxylic acids is 3. The van der Waals surface area contributed by atoms with E-state index in [-0.39, 0.29) is 34.5 Å². The third-order valence-corrected chi connectivity index (χ3v) is 6.22. The summed E-state index contributed by atoms with van der Waals surface area (Å²) >= 11 is 4.38. The highest BCUT2D eigenvalue weighted by Crippen LogP contribution is 2.33. The van der Waals surface area contributed by atoms with Gasteiger partial charge in [-0.15, -0.1) is 11.3 Å². The quantitative estimate of drug-likeness (QED) is 0.621. The first kappa shape index (κ1) is 21.1. The molecular formula is C17H21BrN4O4S. The van der Waals surface area contributed by atoms with E-state index in [1.807, 2.05) is 20.8 Å². The van der Waals surface area contributed by atoms with Crippen molar-refractivity contribution in [3.63, 3.8) is 0 Å². The minimum absolute atomic E-state index is 0.0371. The van der Waals surface area contributed by atoms with E-state index in [1.54, 1.807) is 11.6 Å². The van der Waals surface area contributed by atoms with Crippen LogP contribution < -0.4 is 11.1 Å². The van der Waals surface area contributed by atoms with Crippen LogP contribution in [0.3, 0.4) is 0 Å². The first-order valence-electron chi connectivity index (χ1n) is 8.27. The van der Waals surface area contributed by atoms with E-state index in [0.29, 0.717) is 12.0 Å². The van der Waals surface area contributed by atoms with E-state index in [1.165, 1.54) is 0 Å². The van der Waals surface area contributed by atoms with Gasteiger partial charge >= 0.3 is 5.97 Å². The molecule has 0 fully saturated rings. The zero-order valence-corrected chi connectivity index (χ0v) is 17.9. The fourth-order valence-electron chi connectivity index (χ4n) is 2.48. The average Bonchev–Trinajstić information content (AvgIpc) is 3.04. The number of carbonyl (C=O) groups is 3. The number of nitrogens with zero attached hydrogens (tertiary/aromatic N) is 2. The van der Waals surface area contributed by atoms with Crippen molar-refractivity contribution in [3.05, 3.63) is 31.9 Å². The Morgan fingerprint density at radius 2 is 1.96 bits per heavy atom. The molecule has 10 heteroatoms. The molecule has 0 radical (unpaired) electrons. The smallest absolute Gasteiger partial charge is 0.341 e. The van der Waals surface area contributed by atoms with Crippen molar-refractivity contribution in [1.29, 1.82) is 0 Å². The molecule has 0 saturated heterocycles. The van der Waals surface area contributed by atoms with Gasteiger partial charge in [-0.2, -0.15) is 5.10 Å². The Hall–Kier alpha value is -2.20. The predicted octanol–water partition coefficient (Wildman–Crippen LogP) is 2.94. The zero-order chi connectivity index (χ0) is 20.3. The van der Waals surface area contributed by atoms with Gasteiger partial charge in [0.15, 0.2) is 0 Å². The summed E-state index contributed by atoms with van der Waals surface area (Å²) in [6, 6.07) is 0. The van der Waals surface area contributed by atoms with Gasteiger partial charge in [0.05, 0.1) is 32.9 Å². The third-order valence-electron chi connectivity index (χ3n) is 3.85. The fourth-order valence-corrected chi connectivity index (χ4v) is 3.83. The summed E-state index contributed by atoms with van der Waals surface area (Å²) in [7, 11) is 0. The van der Waals surface area contributed by atoms with Crippen LogP contribution in [0.4, 0.5) is 5.00 Å². The summed E-state index contributed by atoms with van der Waals surface area (Å²) in [5.41, 5.74) is 7.52. The van der Waals surface area contributed by atoms with Crippen LogP contribution in [0.5, 0.6) is 0 Å². The summed E-state index contributed by atoms with van der Waals surface area (Å²) in [5.74, 6) is -1.64. The summed E-state index contributed by atoms with van der Waals surface area (Å²) < 4.78 is 7.56. The second-order valence-electron chi connectivity index (χ2n) is 5.95. The van der Waals surface area contributed by atoms with Gasteiger partial charge in [-0.3, -0.25) is 14.3 Å². The number of nitrogens with one attached hydrogen (secondary N) is 1. The van der Waals surface area contributed by atoms with Crippen molar-refractivity contribution in [2.45, 2.75) is 40.7 Å². The topological polar surface area (TPSA) is 116 Å². The number of hydrogen-bond acceptors (Lipinski definition) is 6. The van der Waals surface area contributed by atoms with Gasteiger partial charge in [-0.05, 0) is 48.7 Å². The van der Waals surface area contributed by atoms with Gasteiger partial charge in [0.2, 0.25) is 5.91 Å². The van der Waals surface area contributed by atoms with Gasteiger partial charge in [0.1, 0.15) is 11.5 Å². The Morgan fingerprint density at radius 3 is 2.48 bits per heavy atom. The molecule has 0 aliphatic rings. The minimum atomic E-state index is -0.662. The molecule has 2 rings (SSSR count). The molecule has 0 aliphatic carbocycles. The Kier molecular flexibility index (Phi) is 6.77. The lowest BCUT2D eigenvalue weighted by Crippen LogP contribution is -2.21. The van der Waals surface area contributed by atoms with Crippen LogP contribution >= 0.6 is 27.3 Å². The number of anilines is 1. The van der Waals surface area contributed by atoms with E-state index in [9.17, 15) is 14.4 Å². The lowest BCUT2D eigenvalue weighted by atomic mass is 10.1. The SMILES string of the molecule is CCCOC(=O)c1c(NC(=O)Cn2nc(C)c(Br)c2C)sc(C(N)=O)c1C. The molecule has 0 aromatic carbocycles. The third kappa shape index (κ3) is 4.56. The van der Waals surface area contributed by atoms with E-state index >= 15 is 0 Å². The number of thiophene rings is 1. The highest BCUT2D eigenvalue weighted by Gasteiger charge is 2.26. The number of primary amides is 1. The maximum Gasteiger partial charge on any atom is 0.341 e. The number of aryl methyl sites for hydroxylation is 1. The normalized spacial score (nSPS) is 10.7. The van der Waals surface area contributed by atoms with Crippen molar-refractivity contribution in [3.8, 4) is 0 Å². The summed E-state index contributed by atoms with van der Waals surface area (Å²) in [6.45, 7) is 7.35. The maximum atomic E-state index is 12.5. The predicted molar refractivity (Wildman–Crippen MR) is 106 cm³/mol. The number of ether oxygens (including phenoxy) is 1. The van der Waals surface area contributed by atoms with E-state index in [2.05, 4.69) is 26.3 Å². The molecule has 0 bridgehead atoms. The maximum absolute atomic E-state index is 12.5. The zero-order valence-electron chi connectivity index (χ0n) is 15.5. The molecule has 0 atom stereocenters. The standard InChI is InChI=1S/C17H21BrN4O4S/c1-5-6-26-17(25)12-8(2)14(15(19)24)27-16(12)20-11(23)7-22-10(4)13(18)9(3)21-22/h5-7H2,1-4H3,(H2,19,24)(H,20,23). The van der Waals surface area contributed by atoms with Gasteiger partial charge in [-0.1, -0.05) is 6.92 Å². The van der Waals surface area contributed by atoms with Crippen LogP contribution in [0.1, 0.15) is 50.3 Å². The van der Waals surface area contributed by atoms with Crippen molar-refractivity contribution in [1.82, 2.24) is 9.78 Å². The first-order valence-corrected chi connectivity index (χ1v) is 9.87. The molecule has 27 heavy (non-hydrogen) atoms. The molecule has 146 valence electrons. The molecule has 2 heterocycles. The molecular weight excluding hydrogens is 436 g/mol. The Morgan fingerprint density at radius 1 is 1.30 bits per heavy atom. The summed E-state index contributed by atoms with van der Waals surface area (Å²) in [5, 5.41) is 7.21. The van der Waals surface area contributed by atoms with Crippen LogP contribution in [0.25, 0.3) is 0 Å². The molecule has 0 spiro atoms. The average molecular weight is 457 g/mol.